The van der Waals surface area contributed by atoms with E-state index in [-0.39, 0.29) is 0 Å². The highest BCUT2D eigenvalue weighted by Gasteiger charge is 1.68. The number of rotatable bonds is 2. The van der Waals surface area contributed by atoms with E-state index in [1.165, 1.54) is 5.01 Å². The molecule has 42 valence electrons. The van der Waals surface area contributed by atoms with E-state index in [0.717, 1.165) is 0 Å². The summed E-state index contributed by atoms with van der Waals surface area (Å²) in [4.78, 5) is 0. The van der Waals surface area contributed by atoms with Crippen molar-refractivity contribution in [3.05, 3.63) is 12.4 Å². The van der Waals surface area contributed by atoms with Gasteiger partial charge in [-0.2, -0.15) is 0 Å². The minimum absolute atomic E-state index is 1.47. The lowest BCUT2D eigenvalue weighted by atomic mass is 10.8. The average molecular weight is 101 g/mol. The van der Waals surface area contributed by atoms with Gasteiger partial charge in [0.1, 0.15) is 0 Å². The topological polar surface area (TPSA) is 41.3 Å². The molecule has 0 heterocycles. The van der Waals surface area contributed by atoms with E-state index < -0.39 is 0 Å². The van der Waals surface area contributed by atoms with Gasteiger partial charge >= 0.3 is 0 Å². The van der Waals surface area contributed by atoms with Gasteiger partial charge in [-0.05, 0) is 0 Å². The third-order valence-corrected chi connectivity index (χ3v) is 0.476. The summed E-state index contributed by atoms with van der Waals surface area (Å²) in [6.45, 7) is 0. The molecule has 3 nitrogen and oxygen atoms in total. The van der Waals surface area contributed by atoms with Crippen LogP contribution in [0, 0.1) is 0 Å². The first-order chi connectivity index (χ1) is 3.27. The fourth-order valence-electron chi connectivity index (χ4n) is 0.192. The quantitative estimate of drug-likeness (QED) is 0.363. The smallest absolute Gasteiger partial charge is 0.0308 e. The Morgan fingerprint density at radius 1 is 1.71 bits per heavy atom. The van der Waals surface area contributed by atoms with Crippen molar-refractivity contribution in [3.63, 3.8) is 0 Å². The van der Waals surface area contributed by atoms with Crippen LogP contribution in [-0.4, -0.2) is 19.1 Å². The molecule has 0 bridgehead atoms. The van der Waals surface area contributed by atoms with Crippen molar-refractivity contribution in [2.45, 2.75) is 0 Å². The zero-order chi connectivity index (χ0) is 5.70. The monoisotopic (exact) mass is 101 g/mol. The van der Waals surface area contributed by atoms with Gasteiger partial charge in [0.05, 0.1) is 0 Å². The van der Waals surface area contributed by atoms with Crippen LogP contribution < -0.4 is 11.2 Å². The minimum Gasteiger partial charge on any atom is -0.393 e. The summed E-state index contributed by atoms with van der Waals surface area (Å²) < 4.78 is 0. The lowest BCUT2D eigenvalue weighted by Gasteiger charge is -2.01. The van der Waals surface area contributed by atoms with Gasteiger partial charge in [-0.15, -0.1) is 0 Å². The van der Waals surface area contributed by atoms with Crippen molar-refractivity contribution in [1.29, 1.82) is 0 Å². The van der Waals surface area contributed by atoms with Crippen molar-refractivity contribution < 1.29 is 0 Å². The second-order valence-corrected chi connectivity index (χ2v) is 1.27. The van der Waals surface area contributed by atoms with Gasteiger partial charge < -0.3 is 10.3 Å². The normalized spacial score (nSPS) is 9.57. The molecular weight excluding hydrogens is 90.1 g/mol. The molecule has 0 amide bonds. The lowest BCUT2D eigenvalue weighted by Crippen LogP contribution is -2.19. The Hall–Kier alpha value is -0.700. The third-order valence-electron chi connectivity index (χ3n) is 0.476. The van der Waals surface area contributed by atoms with Gasteiger partial charge in [-0.25, -0.2) is 5.84 Å². The molecule has 0 aliphatic carbocycles. The van der Waals surface area contributed by atoms with E-state index in [1.54, 1.807) is 19.4 Å². The van der Waals surface area contributed by atoms with Crippen molar-refractivity contribution in [2.75, 3.05) is 14.1 Å². The van der Waals surface area contributed by atoms with Crippen molar-refractivity contribution in [3.8, 4) is 0 Å². The van der Waals surface area contributed by atoms with Crippen LogP contribution in [0.2, 0.25) is 0 Å². The van der Waals surface area contributed by atoms with Crippen LogP contribution in [-0.2, 0) is 0 Å². The summed E-state index contributed by atoms with van der Waals surface area (Å²) in [5.74, 6) is 5.18. The molecule has 0 atom stereocenters. The summed E-state index contributed by atoms with van der Waals surface area (Å²) >= 11 is 0. The highest BCUT2D eigenvalue weighted by Crippen LogP contribution is 1.65. The SMILES string of the molecule is CN/C=C\N(C)N. The number of nitrogens with one attached hydrogen (secondary N) is 1. The van der Waals surface area contributed by atoms with Crippen LogP contribution in [0.15, 0.2) is 12.4 Å². The molecule has 0 aromatic heterocycles. The maximum Gasteiger partial charge on any atom is 0.0308 e. The molecule has 3 N–H and O–H groups in total. The summed E-state index contributed by atoms with van der Waals surface area (Å²) in [5, 5.41) is 4.27. The first-order valence-electron chi connectivity index (χ1n) is 2.09. The summed E-state index contributed by atoms with van der Waals surface area (Å²) in [5.41, 5.74) is 0. The number of hydrogen-bond acceptors (Lipinski definition) is 3. The Morgan fingerprint density at radius 2 is 2.29 bits per heavy atom. The molecule has 0 aromatic carbocycles. The van der Waals surface area contributed by atoms with Crippen LogP contribution in [0.25, 0.3) is 0 Å². The molecule has 3 heteroatoms. The van der Waals surface area contributed by atoms with Crippen molar-refractivity contribution in [1.82, 2.24) is 10.3 Å². The summed E-state index contributed by atoms with van der Waals surface area (Å²) in [6, 6.07) is 0. The molecule has 0 spiro atoms. The number of nitrogens with two attached hydrogens (primary N) is 1. The van der Waals surface area contributed by atoms with Crippen LogP contribution in [0.5, 0.6) is 0 Å². The molecule has 0 fully saturated rings. The van der Waals surface area contributed by atoms with Gasteiger partial charge in [0, 0.05) is 26.5 Å². The standard InChI is InChI=1S/C4H11N3/c1-6-3-4-7(2)5/h3-4,6H,5H2,1-2H3/b4-3-. The van der Waals surface area contributed by atoms with E-state index >= 15 is 0 Å². The Labute approximate surface area is 43.8 Å². The van der Waals surface area contributed by atoms with Gasteiger partial charge in [-0.1, -0.05) is 0 Å². The van der Waals surface area contributed by atoms with Gasteiger partial charge in [0.25, 0.3) is 0 Å². The highest BCUT2D eigenvalue weighted by atomic mass is 15.4. The van der Waals surface area contributed by atoms with E-state index in [2.05, 4.69) is 5.32 Å². The van der Waals surface area contributed by atoms with E-state index in [0.29, 0.717) is 0 Å². The molecule has 0 saturated carbocycles. The minimum atomic E-state index is 1.47. The molecule has 0 unspecified atom stereocenters. The predicted octanol–water partition coefficient (Wildman–Crippen LogP) is -0.517. The van der Waals surface area contributed by atoms with Gasteiger partial charge in [0.15, 0.2) is 0 Å². The molecule has 0 rings (SSSR count). The summed E-state index contributed by atoms with van der Waals surface area (Å²) in [6.07, 6.45) is 3.47. The van der Waals surface area contributed by atoms with E-state index in [1.807, 2.05) is 7.05 Å². The zero-order valence-electron chi connectivity index (χ0n) is 4.68. The molecular formula is C4H11N3. The maximum absolute atomic E-state index is 5.18. The zero-order valence-corrected chi connectivity index (χ0v) is 4.68. The number of nitrogens with zero attached hydrogens (tertiary/aromatic N) is 1. The first kappa shape index (κ1) is 6.30. The predicted molar refractivity (Wildman–Crippen MR) is 30.2 cm³/mol. The Kier molecular flexibility index (Phi) is 3.14. The molecule has 0 aliphatic rings. The molecule has 0 aromatic rings. The molecule has 7 heavy (non-hydrogen) atoms. The Balaban J connectivity index is 3.08. The van der Waals surface area contributed by atoms with Crippen LogP contribution in [0.4, 0.5) is 0 Å². The fraction of sp³-hybridized carbons (Fsp3) is 0.500. The van der Waals surface area contributed by atoms with Crippen molar-refractivity contribution >= 4 is 0 Å². The third kappa shape index (κ3) is 5.30. The maximum atomic E-state index is 5.18. The highest BCUT2D eigenvalue weighted by molar-refractivity contribution is 4.72. The second-order valence-electron chi connectivity index (χ2n) is 1.27. The number of hydrazine groups is 1. The van der Waals surface area contributed by atoms with Gasteiger partial charge in [0.2, 0.25) is 0 Å². The van der Waals surface area contributed by atoms with Gasteiger partial charge in [-0.3, -0.25) is 0 Å². The largest absolute Gasteiger partial charge is 0.393 e. The first-order valence-corrected chi connectivity index (χ1v) is 2.09. The average Bonchev–Trinajstić information content (AvgIpc) is 1.61. The van der Waals surface area contributed by atoms with E-state index in [9.17, 15) is 0 Å². The summed E-state index contributed by atoms with van der Waals surface area (Å²) in [7, 11) is 3.58. The Morgan fingerprint density at radius 3 is 2.43 bits per heavy atom. The fourth-order valence-corrected chi connectivity index (χ4v) is 0.192. The Bertz CT molecular complexity index is 58.0. The molecule has 0 aliphatic heterocycles. The molecule has 0 radical (unpaired) electrons. The van der Waals surface area contributed by atoms with Crippen LogP contribution >= 0.6 is 0 Å². The van der Waals surface area contributed by atoms with Crippen LogP contribution in [0.1, 0.15) is 0 Å². The molecule has 0 saturated heterocycles. The lowest BCUT2D eigenvalue weighted by molar-refractivity contribution is 0.482. The van der Waals surface area contributed by atoms with Crippen LogP contribution in [0.3, 0.4) is 0 Å². The van der Waals surface area contributed by atoms with E-state index in [4.69, 9.17) is 5.84 Å². The number of hydrogen-bond donors (Lipinski definition) is 2. The van der Waals surface area contributed by atoms with Crippen molar-refractivity contribution in [2.24, 2.45) is 5.84 Å². The second kappa shape index (κ2) is 3.49.